The maximum absolute atomic E-state index is 4.07. The fourth-order valence-electron chi connectivity index (χ4n) is 1.50. The van der Waals surface area contributed by atoms with Crippen molar-refractivity contribution in [2.75, 3.05) is 0 Å². The van der Waals surface area contributed by atoms with Gasteiger partial charge in [-0.15, -0.1) is 0 Å². The van der Waals surface area contributed by atoms with Gasteiger partial charge in [-0.25, -0.2) is 0 Å². The first-order valence-electron chi connectivity index (χ1n) is 4.64. The molecule has 0 N–H and O–H groups in total. The third-order valence-electron chi connectivity index (χ3n) is 2.20. The Bertz CT molecular complexity index is 287. The van der Waals surface area contributed by atoms with Crippen molar-refractivity contribution >= 4 is 15.9 Å². The summed E-state index contributed by atoms with van der Waals surface area (Å²) in [6.45, 7) is 10.6. The molecule has 0 spiro atoms. The molecular formula is C12H16Br. The van der Waals surface area contributed by atoms with E-state index >= 15 is 0 Å². The van der Waals surface area contributed by atoms with Crippen LogP contribution in [0.3, 0.4) is 0 Å². The SMILES string of the molecule is [CH2]C(C)c1cc(Br)ccc1C(C)C. The molecule has 0 aliphatic rings. The second-order valence-corrected chi connectivity index (χ2v) is 4.74. The van der Waals surface area contributed by atoms with Gasteiger partial charge in [-0.05, 0) is 42.0 Å². The van der Waals surface area contributed by atoms with Crippen molar-refractivity contribution in [1.29, 1.82) is 0 Å². The van der Waals surface area contributed by atoms with Crippen molar-refractivity contribution in [3.8, 4) is 0 Å². The largest absolute Gasteiger partial charge is 0.0587 e. The second-order valence-electron chi connectivity index (χ2n) is 3.83. The van der Waals surface area contributed by atoms with Gasteiger partial charge in [0.1, 0.15) is 0 Å². The summed E-state index contributed by atoms with van der Waals surface area (Å²) in [7, 11) is 0. The van der Waals surface area contributed by atoms with Crippen LogP contribution in [-0.2, 0) is 0 Å². The monoisotopic (exact) mass is 239 g/mol. The van der Waals surface area contributed by atoms with E-state index < -0.39 is 0 Å². The van der Waals surface area contributed by atoms with Crippen LogP contribution in [0.4, 0.5) is 0 Å². The zero-order valence-electron chi connectivity index (χ0n) is 8.47. The minimum atomic E-state index is 0.356. The van der Waals surface area contributed by atoms with Gasteiger partial charge in [0.25, 0.3) is 0 Å². The molecule has 1 unspecified atom stereocenters. The van der Waals surface area contributed by atoms with Crippen molar-refractivity contribution in [3.63, 3.8) is 0 Å². The Morgan fingerprint density at radius 3 is 2.23 bits per heavy atom. The van der Waals surface area contributed by atoms with Crippen LogP contribution in [0.2, 0.25) is 0 Å². The minimum Gasteiger partial charge on any atom is -0.0587 e. The average molecular weight is 240 g/mol. The molecule has 0 aliphatic heterocycles. The molecule has 1 radical (unpaired) electrons. The van der Waals surface area contributed by atoms with Gasteiger partial charge in [-0.2, -0.15) is 0 Å². The van der Waals surface area contributed by atoms with E-state index in [4.69, 9.17) is 0 Å². The standard InChI is InChI=1S/C12H16Br/c1-8(2)11-6-5-10(13)7-12(11)9(3)4/h5-9H,3H2,1-2,4H3. The Labute approximate surface area is 89.5 Å². The van der Waals surface area contributed by atoms with E-state index in [1.54, 1.807) is 0 Å². The summed E-state index contributed by atoms with van der Waals surface area (Å²) in [6.07, 6.45) is 0. The van der Waals surface area contributed by atoms with Gasteiger partial charge in [0.15, 0.2) is 0 Å². The van der Waals surface area contributed by atoms with Crippen molar-refractivity contribution in [2.45, 2.75) is 32.6 Å². The average Bonchev–Trinajstić information content (AvgIpc) is 2.03. The lowest BCUT2D eigenvalue weighted by molar-refractivity contribution is 0.820. The van der Waals surface area contributed by atoms with Crippen LogP contribution in [0.25, 0.3) is 0 Å². The van der Waals surface area contributed by atoms with Crippen molar-refractivity contribution < 1.29 is 0 Å². The summed E-state index contributed by atoms with van der Waals surface area (Å²) in [5.41, 5.74) is 2.76. The van der Waals surface area contributed by atoms with Gasteiger partial charge in [-0.3, -0.25) is 0 Å². The van der Waals surface area contributed by atoms with Gasteiger partial charge in [-0.1, -0.05) is 42.8 Å². The zero-order valence-corrected chi connectivity index (χ0v) is 10.1. The molecule has 0 saturated heterocycles. The van der Waals surface area contributed by atoms with Gasteiger partial charge in [0.05, 0.1) is 0 Å². The lowest BCUT2D eigenvalue weighted by atomic mass is 9.91. The topological polar surface area (TPSA) is 0 Å². The molecule has 13 heavy (non-hydrogen) atoms. The summed E-state index contributed by atoms with van der Waals surface area (Å²) < 4.78 is 1.14. The van der Waals surface area contributed by atoms with Gasteiger partial charge < -0.3 is 0 Å². The van der Waals surface area contributed by atoms with Crippen LogP contribution in [0, 0.1) is 6.92 Å². The highest BCUT2D eigenvalue weighted by atomic mass is 79.9. The predicted octanol–water partition coefficient (Wildman–Crippen LogP) is 4.51. The van der Waals surface area contributed by atoms with Gasteiger partial charge >= 0.3 is 0 Å². The lowest BCUT2D eigenvalue weighted by Gasteiger charge is -2.15. The predicted molar refractivity (Wildman–Crippen MR) is 62.0 cm³/mol. The Kier molecular flexibility index (Phi) is 3.55. The molecule has 0 nitrogen and oxygen atoms in total. The number of benzene rings is 1. The molecular weight excluding hydrogens is 224 g/mol. The van der Waals surface area contributed by atoms with Crippen LogP contribution >= 0.6 is 15.9 Å². The minimum absolute atomic E-state index is 0.356. The van der Waals surface area contributed by atoms with Crippen molar-refractivity contribution in [1.82, 2.24) is 0 Å². The van der Waals surface area contributed by atoms with Crippen LogP contribution in [0.15, 0.2) is 22.7 Å². The second kappa shape index (κ2) is 4.28. The highest BCUT2D eigenvalue weighted by molar-refractivity contribution is 9.10. The molecule has 0 amide bonds. The van der Waals surface area contributed by atoms with Crippen molar-refractivity contribution in [2.24, 2.45) is 0 Å². The summed E-state index contributed by atoms with van der Waals surface area (Å²) >= 11 is 3.49. The molecule has 1 rings (SSSR count). The summed E-state index contributed by atoms with van der Waals surface area (Å²) in [6, 6.07) is 6.46. The van der Waals surface area contributed by atoms with Crippen LogP contribution < -0.4 is 0 Å². The molecule has 1 atom stereocenters. The van der Waals surface area contributed by atoms with Crippen LogP contribution in [-0.4, -0.2) is 0 Å². The van der Waals surface area contributed by atoms with E-state index in [9.17, 15) is 0 Å². The molecule has 0 aliphatic carbocycles. The van der Waals surface area contributed by atoms with Gasteiger partial charge in [0, 0.05) is 4.47 Å². The smallest absolute Gasteiger partial charge is 0.0178 e. The van der Waals surface area contributed by atoms with E-state index in [1.807, 2.05) is 0 Å². The zero-order chi connectivity index (χ0) is 10.0. The summed E-state index contributed by atoms with van der Waals surface area (Å²) in [5.74, 6) is 0.933. The first kappa shape index (κ1) is 10.8. The first-order valence-corrected chi connectivity index (χ1v) is 5.44. The number of hydrogen-bond acceptors (Lipinski definition) is 0. The first-order chi connectivity index (χ1) is 6.02. The fourth-order valence-corrected chi connectivity index (χ4v) is 1.88. The number of rotatable bonds is 2. The van der Waals surface area contributed by atoms with Gasteiger partial charge in [0.2, 0.25) is 0 Å². The fraction of sp³-hybridized carbons (Fsp3) is 0.417. The van der Waals surface area contributed by atoms with E-state index in [0.29, 0.717) is 11.8 Å². The Morgan fingerprint density at radius 2 is 1.77 bits per heavy atom. The highest BCUT2D eigenvalue weighted by Gasteiger charge is 2.09. The third kappa shape index (κ3) is 2.57. The van der Waals surface area contributed by atoms with E-state index in [1.165, 1.54) is 11.1 Å². The Morgan fingerprint density at radius 1 is 1.15 bits per heavy atom. The normalized spacial score (nSPS) is 11.3. The molecule has 0 saturated carbocycles. The Hall–Kier alpha value is -0.300. The molecule has 1 heteroatoms. The van der Waals surface area contributed by atoms with Crippen LogP contribution in [0.5, 0.6) is 0 Å². The molecule has 1 aromatic rings. The summed E-state index contributed by atoms with van der Waals surface area (Å²) in [5, 5.41) is 0. The highest BCUT2D eigenvalue weighted by Crippen LogP contribution is 2.28. The molecule has 0 fully saturated rings. The maximum Gasteiger partial charge on any atom is 0.0178 e. The number of hydrogen-bond donors (Lipinski definition) is 0. The van der Waals surface area contributed by atoms with Crippen molar-refractivity contribution in [3.05, 3.63) is 40.7 Å². The molecule has 1 aromatic carbocycles. The third-order valence-corrected chi connectivity index (χ3v) is 2.70. The van der Waals surface area contributed by atoms with E-state index in [-0.39, 0.29) is 0 Å². The number of halogens is 1. The molecule has 0 aromatic heterocycles. The lowest BCUT2D eigenvalue weighted by Crippen LogP contribution is -1.98. The summed E-state index contributed by atoms with van der Waals surface area (Å²) in [4.78, 5) is 0. The quantitative estimate of drug-likeness (QED) is 0.713. The van der Waals surface area contributed by atoms with Crippen LogP contribution in [0.1, 0.15) is 43.7 Å². The molecule has 0 bridgehead atoms. The maximum atomic E-state index is 4.07. The van der Waals surface area contributed by atoms with E-state index in [0.717, 1.165) is 4.47 Å². The molecule has 71 valence electrons. The van der Waals surface area contributed by atoms with E-state index in [2.05, 4.69) is 61.8 Å². The Balaban J connectivity index is 3.19. The molecule has 0 heterocycles.